The van der Waals surface area contributed by atoms with Gasteiger partial charge in [0.2, 0.25) is 0 Å². The molecule has 0 heterocycles. The zero-order chi connectivity index (χ0) is 14.4. The molecule has 2 rings (SSSR count). The smallest absolute Gasteiger partial charge is 0.303 e. The van der Waals surface area contributed by atoms with Crippen molar-refractivity contribution in [1.29, 1.82) is 0 Å². The van der Waals surface area contributed by atoms with Crippen molar-refractivity contribution < 1.29 is 9.53 Å². The first-order valence-electron chi connectivity index (χ1n) is 6.94. The van der Waals surface area contributed by atoms with E-state index in [-0.39, 0.29) is 12.1 Å². The van der Waals surface area contributed by atoms with Crippen molar-refractivity contribution >= 4 is 5.97 Å². The molecule has 104 valence electrons. The molecule has 0 aromatic heterocycles. The molecule has 0 amide bonds. The predicted octanol–water partition coefficient (Wildman–Crippen LogP) is 4.48. The second-order valence-electron chi connectivity index (χ2n) is 5.06. The topological polar surface area (TPSA) is 26.3 Å². The number of carbonyl (C=O) groups excluding carboxylic acids is 1. The van der Waals surface area contributed by atoms with Gasteiger partial charge < -0.3 is 4.74 Å². The van der Waals surface area contributed by atoms with Crippen LogP contribution in [0.1, 0.15) is 43.4 Å². The van der Waals surface area contributed by atoms with Gasteiger partial charge in [0, 0.05) is 6.92 Å². The first-order valence-corrected chi connectivity index (χ1v) is 6.94. The highest BCUT2D eigenvalue weighted by molar-refractivity contribution is 5.66. The number of carbonyl (C=O) groups is 1. The minimum atomic E-state index is -0.237. The van der Waals surface area contributed by atoms with E-state index in [4.69, 9.17) is 4.74 Å². The molecule has 0 saturated carbocycles. The number of hydrogen-bond acceptors (Lipinski definition) is 2. The van der Waals surface area contributed by atoms with Crippen LogP contribution in [0.15, 0.2) is 60.7 Å². The van der Waals surface area contributed by atoms with Crippen molar-refractivity contribution in [2.45, 2.75) is 32.3 Å². The SMILES string of the molecule is CC(=O)OC(CC(C)c1ccccc1)c1ccccc1. The Morgan fingerprint density at radius 2 is 1.45 bits per heavy atom. The molecule has 2 atom stereocenters. The van der Waals surface area contributed by atoms with Crippen molar-refractivity contribution in [2.24, 2.45) is 0 Å². The molecule has 0 aliphatic rings. The van der Waals surface area contributed by atoms with Crippen LogP contribution in [0, 0.1) is 0 Å². The van der Waals surface area contributed by atoms with Crippen LogP contribution < -0.4 is 0 Å². The normalized spacial score (nSPS) is 13.5. The molecule has 0 spiro atoms. The van der Waals surface area contributed by atoms with Crippen LogP contribution in [0.25, 0.3) is 0 Å². The molecular formula is C18H20O2. The van der Waals surface area contributed by atoms with Gasteiger partial charge in [-0.1, -0.05) is 67.6 Å². The molecular weight excluding hydrogens is 248 g/mol. The highest BCUT2D eigenvalue weighted by Gasteiger charge is 2.18. The van der Waals surface area contributed by atoms with Crippen molar-refractivity contribution in [3.8, 4) is 0 Å². The van der Waals surface area contributed by atoms with E-state index in [1.54, 1.807) is 0 Å². The summed E-state index contributed by atoms with van der Waals surface area (Å²) in [6, 6.07) is 20.2. The second kappa shape index (κ2) is 6.90. The third kappa shape index (κ3) is 3.95. The average molecular weight is 268 g/mol. The van der Waals surface area contributed by atoms with Crippen LogP contribution in [0.2, 0.25) is 0 Å². The number of esters is 1. The Kier molecular flexibility index (Phi) is 4.94. The molecule has 2 aromatic carbocycles. The lowest BCUT2D eigenvalue weighted by Gasteiger charge is -2.21. The largest absolute Gasteiger partial charge is 0.458 e. The quantitative estimate of drug-likeness (QED) is 0.747. The molecule has 2 nitrogen and oxygen atoms in total. The summed E-state index contributed by atoms with van der Waals surface area (Å²) < 4.78 is 5.49. The Morgan fingerprint density at radius 3 is 1.95 bits per heavy atom. The minimum Gasteiger partial charge on any atom is -0.458 e. The number of rotatable bonds is 5. The fourth-order valence-corrected chi connectivity index (χ4v) is 2.36. The zero-order valence-corrected chi connectivity index (χ0v) is 12.0. The van der Waals surface area contributed by atoms with Crippen molar-refractivity contribution in [1.82, 2.24) is 0 Å². The van der Waals surface area contributed by atoms with Gasteiger partial charge in [-0.25, -0.2) is 0 Å². The second-order valence-corrected chi connectivity index (χ2v) is 5.06. The maximum Gasteiger partial charge on any atom is 0.303 e. The van der Waals surface area contributed by atoms with Crippen molar-refractivity contribution in [2.75, 3.05) is 0 Å². The molecule has 0 radical (unpaired) electrons. The van der Waals surface area contributed by atoms with Crippen molar-refractivity contribution in [3.05, 3.63) is 71.8 Å². The Balaban J connectivity index is 2.14. The van der Waals surface area contributed by atoms with Gasteiger partial charge in [0.1, 0.15) is 6.10 Å². The van der Waals surface area contributed by atoms with Crippen LogP contribution in [0.4, 0.5) is 0 Å². The Hall–Kier alpha value is -2.09. The zero-order valence-electron chi connectivity index (χ0n) is 12.0. The summed E-state index contributed by atoms with van der Waals surface area (Å²) in [6.07, 6.45) is 0.594. The third-order valence-corrected chi connectivity index (χ3v) is 3.42. The molecule has 20 heavy (non-hydrogen) atoms. The van der Waals surface area contributed by atoms with E-state index in [0.29, 0.717) is 5.92 Å². The monoisotopic (exact) mass is 268 g/mol. The summed E-state index contributed by atoms with van der Waals surface area (Å²) in [4.78, 5) is 11.3. The van der Waals surface area contributed by atoms with E-state index in [2.05, 4.69) is 19.1 Å². The lowest BCUT2D eigenvalue weighted by atomic mass is 9.92. The molecule has 0 saturated heterocycles. The van der Waals surface area contributed by atoms with Gasteiger partial charge in [-0.2, -0.15) is 0 Å². The molecule has 0 N–H and O–H groups in total. The van der Waals surface area contributed by atoms with Gasteiger partial charge in [-0.05, 0) is 23.5 Å². The summed E-state index contributed by atoms with van der Waals surface area (Å²) in [6.45, 7) is 3.62. The predicted molar refractivity (Wildman–Crippen MR) is 80.4 cm³/mol. The third-order valence-electron chi connectivity index (χ3n) is 3.42. The highest BCUT2D eigenvalue weighted by Crippen LogP contribution is 2.30. The Labute approximate surface area is 120 Å². The summed E-state index contributed by atoms with van der Waals surface area (Å²) >= 11 is 0. The molecule has 2 unspecified atom stereocenters. The number of benzene rings is 2. The van der Waals surface area contributed by atoms with Crippen LogP contribution in [0.5, 0.6) is 0 Å². The lowest BCUT2D eigenvalue weighted by molar-refractivity contribution is -0.147. The van der Waals surface area contributed by atoms with Gasteiger partial charge in [-0.15, -0.1) is 0 Å². The first-order chi connectivity index (χ1) is 9.66. The average Bonchev–Trinajstić information content (AvgIpc) is 2.48. The molecule has 0 fully saturated rings. The molecule has 0 aliphatic carbocycles. The maximum absolute atomic E-state index is 11.3. The summed E-state index contributed by atoms with van der Waals surface area (Å²) in [5, 5.41) is 0. The molecule has 2 heteroatoms. The van der Waals surface area contributed by atoms with E-state index >= 15 is 0 Å². The molecule has 0 aliphatic heterocycles. The highest BCUT2D eigenvalue weighted by atomic mass is 16.5. The summed E-state index contributed by atoms with van der Waals surface area (Å²) in [5.41, 5.74) is 2.31. The van der Waals surface area contributed by atoms with Crippen LogP contribution in [0.3, 0.4) is 0 Å². The Morgan fingerprint density at radius 1 is 0.950 bits per heavy atom. The minimum absolute atomic E-state index is 0.191. The fraction of sp³-hybridized carbons (Fsp3) is 0.278. The Bertz CT molecular complexity index is 534. The lowest BCUT2D eigenvalue weighted by Crippen LogP contribution is -2.11. The van der Waals surface area contributed by atoms with Gasteiger partial charge >= 0.3 is 5.97 Å². The van der Waals surface area contributed by atoms with Crippen LogP contribution >= 0.6 is 0 Å². The van der Waals surface area contributed by atoms with Crippen LogP contribution in [-0.4, -0.2) is 5.97 Å². The van der Waals surface area contributed by atoms with E-state index in [1.165, 1.54) is 12.5 Å². The van der Waals surface area contributed by atoms with E-state index in [0.717, 1.165) is 12.0 Å². The van der Waals surface area contributed by atoms with Gasteiger partial charge in [-0.3, -0.25) is 4.79 Å². The summed E-state index contributed by atoms with van der Waals surface area (Å²) in [5.74, 6) is 0.0971. The van der Waals surface area contributed by atoms with Crippen molar-refractivity contribution in [3.63, 3.8) is 0 Å². The summed E-state index contributed by atoms with van der Waals surface area (Å²) in [7, 11) is 0. The standard InChI is InChI=1S/C18H20O2/c1-14(16-9-5-3-6-10-16)13-18(20-15(2)19)17-11-7-4-8-12-17/h3-12,14,18H,13H2,1-2H3. The van der Waals surface area contributed by atoms with Gasteiger partial charge in [0.25, 0.3) is 0 Å². The van der Waals surface area contributed by atoms with E-state index in [9.17, 15) is 4.79 Å². The van der Waals surface area contributed by atoms with Crippen LogP contribution in [-0.2, 0) is 9.53 Å². The maximum atomic E-state index is 11.3. The van der Waals surface area contributed by atoms with E-state index < -0.39 is 0 Å². The molecule has 2 aromatic rings. The fourth-order valence-electron chi connectivity index (χ4n) is 2.36. The van der Waals surface area contributed by atoms with Gasteiger partial charge in [0.05, 0.1) is 0 Å². The molecule has 0 bridgehead atoms. The van der Waals surface area contributed by atoms with E-state index in [1.807, 2.05) is 48.5 Å². The first kappa shape index (κ1) is 14.3. The number of hydrogen-bond donors (Lipinski definition) is 0. The van der Waals surface area contributed by atoms with Gasteiger partial charge in [0.15, 0.2) is 0 Å². The number of ether oxygens (including phenoxy) is 1.